The number of ether oxygens (including phenoxy) is 1. The summed E-state index contributed by atoms with van der Waals surface area (Å²) in [6, 6.07) is 16.0. The molecule has 2 nitrogen and oxygen atoms in total. The van der Waals surface area contributed by atoms with Crippen LogP contribution in [-0.2, 0) is 0 Å². The predicted octanol–water partition coefficient (Wildman–Crippen LogP) is 3.79. The van der Waals surface area contributed by atoms with Crippen molar-refractivity contribution in [3.8, 4) is 11.8 Å². The molecule has 1 unspecified atom stereocenters. The highest BCUT2D eigenvalue weighted by atomic mass is 32.1. The fourth-order valence-corrected chi connectivity index (χ4v) is 2.17. The first-order chi connectivity index (χ1) is 9.74. The van der Waals surface area contributed by atoms with Gasteiger partial charge in [-0.15, -0.1) is 0 Å². The molecule has 2 rings (SSSR count). The Bertz CT molecular complexity index is 610. The second-order valence-corrected chi connectivity index (χ2v) is 4.72. The first-order valence-electron chi connectivity index (χ1n) is 6.23. The first-order valence-corrected chi connectivity index (χ1v) is 6.86. The number of thiol groups is 1. The molecule has 0 saturated carbocycles. The van der Waals surface area contributed by atoms with Crippen molar-refractivity contribution in [2.45, 2.75) is 5.92 Å². The number of nitrogens with zero attached hydrogens (tertiary/aromatic N) is 1. The molecule has 0 fully saturated rings. The smallest absolute Gasteiger partial charge is 0.144 e. The van der Waals surface area contributed by atoms with Gasteiger partial charge in [0.2, 0.25) is 0 Å². The van der Waals surface area contributed by atoms with Gasteiger partial charge in [0.05, 0.1) is 12.2 Å². The lowest BCUT2D eigenvalue weighted by atomic mass is 10.0. The molecule has 0 aliphatic heterocycles. The van der Waals surface area contributed by atoms with E-state index in [2.05, 4.69) is 12.6 Å². The molecule has 0 N–H and O–H groups in total. The largest absolute Gasteiger partial charge is 0.493 e. The van der Waals surface area contributed by atoms with E-state index < -0.39 is 5.82 Å². The maximum Gasteiger partial charge on any atom is 0.144 e. The van der Waals surface area contributed by atoms with Gasteiger partial charge < -0.3 is 4.74 Å². The summed E-state index contributed by atoms with van der Waals surface area (Å²) in [7, 11) is 0. The fraction of sp³-hybridized carbons (Fsp3) is 0.188. The number of nitriles is 1. The van der Waals surface area contributed by atoms with Gasteiger partial charge in [-0.05, 0) is 17.7 Å². The highest BCUT2D eigenvalue weighted by Gasteiger charge is 2.11. The third-order valence-electron chi connectivity index (χ3n) is 3.00. The summed E-state index contributed by atoms with van der Waals surface area (Å²) < 4.78 is 19.1. The maximum atomic E-state index is 13.5. The van der Waals surface area contributed by atoms with Crippen molar-refractivity contribution >= 4 is 12.6 Å². The van der Waals surface area contributed by atoms with Crippen molar-refractivity contribution in [2.24, 2.45) is 0 Å². The Morgan fingerprint density at radius 3 is 2.55 bits per heavy atom. The van der Waals surface area contributed by atoms with Crippen molar-refractivity contribution in [1.82, 2.24) is 0 Å². The lowest BCUT2D eigenvalue weighted by molar-refractivity contribution is 0.296. The van der Waals surface area contributed by atoms with E-state index in [0.717, 1.165) is 5.56 Å². The van der Waals surface area contributed by atoms with E-state index in [9.17, 15) is 4.39 Å². The van der Waals surface area contributed by atoms with Gasteiger partial charge in [0, 0.05) is 17.7 Å². The Hall–Kier alpha value is -1.99. The van der Waals surface area contributed by atoms with E-state index in [4.69, 9.17) is 10.00 Å². The van der Waals surface area contributed by atoms with Gasteiger partial charge in [0.25, 0.3) is 0 Å². The van der Waals surface area contributed by atoms with Crippen LogP contribution in [0.2, 0.25) is 0 Å². The van der Waals surface area contributed by atoms with E-state index in [0.29, 0.717) is 18.1 Å². The number of benzene rings is 2. The zero-order chi connectivity index (χ0) is 14.4. The molecule has 2 aromatic carbocycles. The van der Waals surface area contributed by atoms with E-state index in [1.807, 2.05) is 30.3 Å². The summed E-state index contributed by atoms with van der Waals surface area (Å²) in [4.78, 5) is 0. The van der Waals surface area contributed by atoms with Gasteiger partial charge in [-0.3, -0.25) is 0 Å². The minimum Gasteiger partial charge on any atom is -0.493 e. The third-order valence-corrected chi connectivity index (χ3v) is 3.44. The van der Waals surface area contributed by atoms with E-state index in [-0.39, 0.29) is 11.5 Å². The van der Waals surface area contributed by atoms with E-state index in [1.165, 1.54) is 12.1 Å². The summed E-state index contributed by atoms with van der Waals surface area (Å²) in [5.74, 6) is 0.637. The summed E-state index contributed by atoms with van der Waals surface area (Å²) in [5, 5.41) is 8.67. The first kappa shape index (κ1) is 14.4. The molecule has 0 aromatic heterocycles. The van der Waals surface area contributed by atoms with Crippen LogP contribution in [0.15, 0.2) is 48.5 Å². The minimum absolute atomic E-state index is 0.0196. The molecule has 20 heavy (non-hydrogen) atoms. The molecule has 0 spiro atoms. The molecular weight excluding hydrogens is 273 g/mol. The van der Waals surface area contributed by atoms with Gasteiger partial charge >= 0.3 is 0 Å². The summed E-state index contributed by atoms with van der Waals surface area (Å²) in [6.45, 7) is 0.416. The number of halogens is 1. The van der Waals surface area contributed by atoms with Crippen molar-refractivity contribution in [3.63, 3.8) is 0 Å². The van der Waals surface area contributed by atoms with Crippen LogP contribution in [0.1, 0.15) is 17.0 Å². The van der Waals surface area contributed by atoms with Crippen LogP contribution in [0.3, 0.4) is 0 Å². The molecule has 0 aliphatic carbocycles. The molecule has 0 saturated heterocycles. The van der Waals surface area contributed by atoms with Crippen LogP contribution in [-0.4, -0.2) is 12.4 Å². The lowest BCUT2D eigenvalue weighted by Crippen LogP contribution is -2.12. The van der Waals surface area contributed by atoms with Crippen LogP contribution in [0, 0.1) is 17.1 Å². The second-order valence-electron chi connectivity index (χ2n) is 4.35. The molecule has 0 aliphatic rings. The molecule has 0 heterocycles. The molecule has 2 aromatic rings. The van der Waals surface area contributed by atoms with Gasteiger partial charge in [-0.2, -0.15) is 17.9 Å². The predicted molar refractivity (Wildman–Crippen MR) is 79.6 cm³/mol. The van der Waals surface area contributed by atoms with Crippen molar-refractivity contribution < 1.29 is 9.13 Å². The number of rotatable bonds is 5. The van der Waals surface area contributed by atoms with Gasteiger partial charge in [-0.1, -0.05) is 30.3 Å². The molecule has 102 valence electrons. The Balaban J connectivity index is 2.04. The molecule has 0 radical (unpaired) electrons. The molecule has 0 bridgehead atoms. The summed E-state index contributed by atoms with van der Waals surface area (Å²) in [6.07, 6.45) is 0. The van der Waals surface area contributed by atoms with Gasteiger partial charge in [0.1, 0.15) is 17.6 Å². The van der Waals surface area contributed by atoms with Crippen molar-refractivity contribution in [3.05, 3.63) is 65.5 Å². The topological polar surface area (TPSA) is 33.0 Å². The van der Waals surface area contributed by atoms with Crippen LogP contribution in [0.5, 0.6) is 5.75 Å². The standard InChI is InChI=1S/C16H14FNOS/c17-16-8-15(7-6-13(16)9-18)19-10-14(11-20)12-4-2-1-3-5-12/h1-8,14,20H,10-11H2. The Labute approximate surface area is 123 Å². The minimum atomic E-state index is -0.563. The Morgan fingerprint density at radius 2 is 1.95 bits per heavy atom. The molecular formula is C16H14FNOS. The monoisotopic (exact) mass is 287 g/mol. The Kier molecular flexibility index (Phi) is 5.03. The van der Waals surface area contributed by atoms with Crippen LogP contribution in [0.25, 0.3) is 0 Å². The van der Waals surface area contributed by atoms with Crippen LogP contribution in [0.4, 0.5) is 4.39 Å². The quantitative estimate of drug-likeness (QED) is 0.849. The van der Waals surface area contributed by atoms with Crippen LogP contribution >= 0.6 is 12.6 Å². The van der Waals surface area contributed by atoms with Crippen molar-refractivity contribution in [2.75, 3.05) is 12.4 Å². The van der Waals surface area contributed by atoms with E-state index in [1.54, 1.807) is 12.1 Å². The summed E-state index contributed by atoms with van der Waals surface area (Å²) in [5.41, 5.74) is 1.16. The molecule has 0 amide bonds. The second kappa shape index (κ2) is 6.97. The van der Waals surface area contributed by atoms with Gasteiger partial charge in [0.15, 0.2) is 0 Å². The number of hydrogen-bond donors (Lipinski definition) is 1. The highest BCUT2D eigenvalue weighted by molar-refractivity contribution is 7.80. The SMILES string of the molecule is N#Cc1ccc(OCC(CS)c2ccccc2)cc1F. The average Bonchev–Trinajstić information content (AvgIpc) is 2.49. The van der Waals surface area contributed by atoms with Crippen LogP contribution < -0.4 is 4.74 Å². The zero-order valence-electron chi connectivity index (χ0n) is 10.8. The lowest BCUT2D eigenvalue weighted by Gasteiger charge is -2.16. The molecule has 1 atom stereocenters. The van der Waals surface area contributed by atoms with E-state index >= 15 is 0 Å². The average molecular weight is 287 g/mol. The third kappa shape index (κ3) is 3.52. The maximum absolute atomic E-state index is 13.5. The number of hydrogen-bond acceptors (Lipinski definition) is 3. The molecule has 4 heteroatoms. The van der Waals surface area contributed by atoms with Gasteiger partial charge in [-0.25, -0.2) is 4.39 Å². The summed E-state index contributed by atoms with van der Waals surface area (Å²) >= 11 is 4.33. The Morgan fingerprint density at radius 1 is 1.20 bits per heavy atom. The highest BCUT2D eigenvalue weighted by Crippen LogP contribution is 2.21. The fourth-order valence-electron chi connectivity index (χ4n) is 1.85. The van der Waals surface area contributed by atoms with Crippen molar-refractivity contribution in [1.29, 1.82) is 5.26 Å². The normalized spacial score (nSPS) is 11.7. The zero-order valence-corrected chi connectivity index (χ0v) is 11.7.